The van der Waals surface area contributed by atoms with E-state index in [1.807, 2.05) is 73.7 Å². The van der Waals surface area contributed by atoms with E-state index in [0.717, 1.165) is 22.4 Å². The molecule has 3 aromatic rings. The molecule has 0 unspecified atom stereocenters. The maximum atomic E-state index is 13.6. The van der Waals surface area contributed by atoms with Crippen LogP contribution in [0.5, 0.6) is 5.75 Å². The maximum absolute atomic E-state index is 13.6. The lowest BCUT2D eigenvalue weighted by Crippen LogP contribution is -2.29. The molecule has 36 heavy (non-hydrogen) atoms. The Balaban J connectivity index is 1.59. The SMILES string of the molecule is CCOC(=O)C1=C(C)NC2=C(C(=O)c3ccccc32)[C@@H]1c1cc(Br)c(OCc2ccccc2)c(Br)c1. The van der Waals surface area contributed by atoms with Crippen LogP contribution in [0, 0.1) is 0 Å². The molecule has 1 aliphatic heterocycles. The van der Waals surface area contributed by atoms with Crippen molar-refractivity contribution in [3.05, 3.63) is 115 Å². The van der Waals surface area contributed by atoms with E-state index in [0.29, 0.717) is 43.7 Å². The van der Waals surface area contributed by atoms with Crippen molar-refractivity contribution in [1.29, 1.82) is 0 Å². The van der Waals surface area contributed by atoms with Crippen LogP contribution in [0.1, 0.15) is 46.8 Å². The molecular weight excluding hydrogens is 586 g/mol. The first-order valence-corrected chi connectivity index (χ1v) is 13.2. The molecule has 0 amide bonds. The Morgan fingerprint density at radius 3 is 2.28 bits per heavy atom. The Morgan fingerprint density at radius 1 is 0.972 bits per heavy atom. The number of esters is 1. The Bertz CT molecular complexity index is 1420. The van der Waals surface area contributed by atoms with Crippen molar-refractivity contribution in [2.75, 3.05) is 6.61 Å². The molecule has 2 aliphatic rings. The normalized spacial score (nSPS) is 16.4. The molecule has 3 aromatic carbocycles. The predicted molar refractivity (Wildman–Crippen MR) is 146 cm³/mol. The van der Waals surface area contributed by atoms with E-state index in [9.17, 15) is 9.59 Å². The largest absolute Gasteiger partial charge is 0.487 e. The van der Waals surface area contributed by atoms with Gasteiger partial charge in [0, 0.05) is 28.3 Å². The number of ketones is 1. The molecule has 1 aliphatic carbocycles. The van der Waals surface area contributed by atoms with Crippen molar-refractivity contribution in [3.63, 3.8) is 0 Å². The molecular formula is C29H23Br2NO4. The second-order valence-electron chi connectivity index (χ2n) is 8.57. The van der Waals surface area contributed by atoms with Gasteiger partial charge < -0.3 is 14.8 Å². The first-order valence-electron chi connectivity index (χ1n) is 11.6. The van der Waals surface area contributed by atoms with Crippen molar-refractivity contribution in [2.45, 2.75) is 26.4 Å². The third kappa shape index (κ3) is 4.31. The minimum atomic E-state index is -0.601. The summed E-state index contributed by atoms with van der Waals surface area (Å²) in [4.78, 5) is 26.8. The van der Waals surface area contributed by atoms with Crippen LogP contribution in [0.2, 0.25) is 0 Å². The zero-order chi connectivity index (χ0) is 25.4. The molecule has 5 nitrogen and oxygen atoms in total. The smallest absolute Gasteiger partial charge is 0.336 e. The van der Waals surface area contributed by atoms with Gasteiger partial charge in [0.25, 0.3) is 0 Å². The Morgan fingerprint density at radius 2 is 1.61 bits per heavy atom. The van der Waals surface area contributed by atoms with Crippen LogP contribution in [0.15, 0.2) is 92.5 Å². The molecule has 0 fully saturated rings. The van der Waals surface area contributed by atoms with Crippen molar-refractivity contribution >= 4 is 49.3 Å². The average molecular weight is 609 g/mol. The van der Waals surface area contributed by atoms with Gasteiger partial charge in [-0.2, -0.15) is 0 Å². The van der Waals surface area contributed by atoms with Gasteiger partial charge in [0.1, 0.15) is 12.4 Å². The number of hydrogen-bond donors (Lipinski definition) is 1. The average Bonchev–Trinajstić information content (AvgIpc) is 3.15. The molecule has 0 saturated heterocycles. The number of rotatable bonds is 6. The molecule has 1 atom stereocenters. The van der Waals surface area contributed by atoms with Gasteiger partial charge in [-0.05, 0) is 69.0 Å². The summed E-state index contributed by atoms with van der Waals surface area (Å²) >= 11 is 7.31. The summed E-state index contributed by atoms with van der Waals surface area (Å²) in [5.41, 5.74) is 5.66. The van der Waals surface area contributed by atoms with Crippen molar-refractivity contribution in [3.8, 4) is 5.75 Å². The summed E-state index contributed by atoms with van der Waals surface area (Å²) in [5, 5.41) is 3.32. The number of ether oxygens (including phenoxy) is 2. The summed E-state index contributed by atoms with van der Waals surface area (Å²) in [6, 6.07) is 21.2. The van der Waals surface area contributed by atoms with E-state index in [2.05, 4.69) is 37.2 Å². The minimum Gasteiger partial charge on any atom is -0.487 e. The third-order valence-corrected chi connectivity index (χ3v) is 7.50. The zero-order valence-corrected chi connectivity index (χ0v) is 22.9. The number of carbonyl (C=O) groups is 2. The number of benzene rings is 3. The first kappa shape index (κ1) is 24.5. The topological polar surface area (TPSA) is 64.6 Å². The summed E-state index contributed by atoms with van der Waals surface area (Å²) in [6.45, 7) is 4.26. The van der Waals surface area contributed by atoms with Crippen LogP contribution in [0.25, 0.3) is 5.70 Å². The van der Waals surface area contributed by atoms with Crippen molar-refractivity contribution in [2.24, 2.45) is 0 Å². The van der Waals surface area contributed by atoms with E-state index < -0.39 is 11.9 Å². The standard InChI is InChI=1S/C29H23Br2NO4/c1-3-35-29(34)23-16(2)32-26-19-11-7-8-12-20(19)27(33)25(26)24(23)18-13-21(30)28(22(31)14-18)36-15-17-9-5-4-6-10-17/h4-14,24,32H,3,15H2,1-2H3/t24-/m1/s1. The lowest BCUT2D eigenvalue weighted by atomic mass is 9.80. The van der Waals surface area contributed by atoms with Gasteiger partial charge in [-0.1, -0.05) is 54.6 Å². The number of nitrogens with one attached hydrogen (secondary N) is 1. The van der Waals surface area contributed by atoms with E-state index in [-0.39, 0.29) is 12.4 Å². The highest BCUT2D eigenvalue weighted by atomic mass is 79.9. The summed E-state index contributed by atoms with van der Waals surface area (Å²) < 4.78 is 12.9. The molecule has 7 heteroatoms. The van der Waals surface area contributed by atoms with Gasteiger partial charge in [-0.25, -0.2) is 4.79 Å². The highest BCUT2D eigenvalue weighted by Crippen LogP contribution is 2.48. The molecule has 0 radical (unpaired) electrons. The Hall–Kier alpha value is -3.16. The lowest BCUT2D eigenvalue weighted by molar-refractivity contribution is -0.138. The number of dihydropyridines is 1. The van der Waals surface area contributed by atoms with Gasteiger partial charge in [0.2, 0.25) is 0 Å². The first-order chi connectivity index (χ1) is 17.4. The fraction of sp³-hybridized carbons (Fsp3) is 0.172. The third-order valence-electron chi connectivity index (χ3n) is 6.32. The number of Topliss-reactive ketones (excluding diaryl/α,β-unsaturated/α-hetero) is 1. The van der Waals surface area contributed by atoms with Gasteiger partial charge in [-0.3, -0.25) is 4.79 Å². The van der Waals surface area contributed by atoms with E-state index in [1.165, 1.54) is 0 Å². The van der Waals surface area contributed by atoms with Gasteiger partial charge in [-0.15, -0.1) is 0 Å². The zero-order valence-electron chi connectivity index (χ0n) is 19.7. The Kier molecular flexibility index (Phi) is 6.86. The fourth-order valence-corrected chi connectivity index (χ4v) is 6.21. The second kappa shape index (κ2) is 10.1. The molecule has 182 valence electrons. The predicted octanol–water partition coefficient (Wildman–Crippen LogP) is 6.92. The molecule has 1 heterocycles. The van der Waals surface area contributed by atoms with Crippen LogP contribution in [-0.4, -0.2) is 18.4 Å². The van der Waals surface area contributed by atoms with E-state index >= 15 is 0 Å². The van der Waals surface area contributed by atoms with Crippen molar-refractivity contribution < 1.29 is 19.1 Å². The molecule has 0 bridgehead atoms. The monoisotopic (exact) mass is 607 g/mol. The van der Waals surface area contributed by atoms with Crippen LogP contribution >= 0.6 is 31.9 Å². The second-order valence-corrected chi connectivity index (χ2v) is 10.3. The maximum Gasteiger partial charge on any atom is 0.336 e. The van der Waals surface area contributed by atoms with Gasteiger partial charge in [0.05, 0.1) is 26.8 Å². The molecule has 1 N–H and O–H groups in total. The summed E-state index contributed by atoms with van der Waals surface area (Å²) in [5.74, 6) is -0.496. The molecule has 0 saturated carbocycles. The van der Waals surface area contributed by atoms with Crippen LogP contribution in [0.3, 0.4) is 0 Å². The molecule has 0 spiro atoms. The quantitative estimate of drug-likeness (QED) is 0.308. The highest BCUT2D eigenvalue weighted by Gasteiger charge is 2.43. The van der Waals surface area contributed by atoms with E-state index in [4.69, 9.17) is 9.47 Å². The fourth-order valence-electron chi connectivity index (χ4n) is 4.76. The molecule has 0 aromatic heterocycles. The highest BCUT2D eigenvalue weighted by molar-refractivity contribution is 9.11. The van der Waals surface area contributed by atoms with E-state index in [1.54, 1.807) is 6.92 Å². The van der Waals surface area contributed by atoms with Gasteiger partial charge in [0.15, 0.2) is 5.78 Å². The number of allylic oxidation sites excluding steroid dienone is 2. The minimum absolute atomic E-state index is 0.0935. The van der Waals surface area contributed by atoms with Crippen LogP contribution < -0.4 is 10.1 Å². The molecule has 5 rings (SSSR count). The van der Waals surface area contributed by atoms with Crippen LogP contribution in [-0.2, 0) is 16.1 Å². The lowest BCUT2D eigenvalue weighted by Gasteiger charge is -2.29. The number of halogens is 2. The van der Waals surface area contributed by atoms with Crippen molar-refractivity contribution in [1.82, 2.24) is 5.32 Å². The summed E-state index contributed by atoms with van der Waals surface area (Å²) in [6.07, 6.45) is 0. The number of carbonyl (C=O) groups excluding carboxylic acids is 2. The number of fused-ring (bicyclic) bond motifs is 2. The van der Waals surface area contributed by atoms with Crippen LogP contribution in [0.4, 0.5) is 0 Å². The van der Waals surface area contributed by atoms with Gasteiger partial charge >= 0.3 is 5.97 Å². The Labute approximate surface area is 226 Å². The summed E-state index contributed by atoms with van der Waals surface area (Å²) in [7, 11) is 0. The number of hydrogen-bond acceptors (Lipinski definition) is 5.